The van der Waals surface area contributed by atoms with Crippen LogP contribution < -0.4 is 5.32 Å². The minimum Gasteiger partial charge on any atom is -0.335 e. The molecule has 2 atom stereocenters. The zero-order chi connectivity index (χ0) is 15.7. The number of benzene rings is 1. The molecule has 2 fully saturated rings. The standard InChI is InChI=1S/C16H19F3N2O.ClH/c17-16(18,19)14-4-2-1-3-11(14)9-15(22)21-12-5-6-13(21)10-20-8-7-12;/h1-4,12-13,20H,5-10H2;1H. The number of carbonyl (C=O) groups excluding carboxylic acids is 1. The lowest BCUT2D eigenvalue weighted by atomic mass is 10.0. The summed E-state index contributed by atoms with van der Waals surface area (Å²) in [6, 6.07) is 5.65. The molecule has 2 saturated heterocycles. The second-order valence-electron chi connectivity index (χ2n) is 6.01. The number of nitrogens with one attached hydrogen (secondary N) is 1. The lowest BCUT2D eigenvalue weighted by molar-refractivity contribution is -0.139. The molecule has 2 unspecified atom stereocenters. The van der Waals surface area contributed by atoms with Gasteiger partial charge in [0.25, 0.3) is 0 Å². The summed E-state index contributed by atoms with van der Waals surface area (Å²) in [5.41, 5.74) is -0.639. The summed E-state index contributed by atoms with van der Waals surface area (Å²) in [5, 5.41) is 3.29. The normalized spacial score (nSPS) is 24.0. The van der Waals surface area contributed by atoms with Gasteiger partial charge in [0.15, 0.2) is 0 Å². The molecule has 1 aromatic carbocycles. The van der Waals surface area contributed by atoms with Gasteiger partial charge in [-0.3, -0.25) is 4.79 Å². The molecule has 2 bridgehead atoms. The van der Waals surface area contributed by atoms with Crippen molar-refractivity contribution in [1.82, 2.24) is 10.2 Å². The SMILES string of the molecule is Cl.O=C(Cc1ccccc1C(F)(F)F)N1C2CCNCC1CC2. The van der Waals surface area contributed by atoms with Crippen molar-refractivity contribution in [3.8, 4) is 0 Å². The molecule has 0 spiro atoms. The van der Waals surface area contributed by atoms with Crippen LogP contribution in [0.2, 0.25) is 0 Å². The molecule has 1 amide bonds. The van der Waals surface area contributed by atoms with Gasteiger partial charge in [-0.1, -0.05) is 18.2 Å². The predicted octanol–water partition coefficient (Wildman–Crippen LogP) is 3.02. The Balaban J connectivity index is 0.00000192. The summed E-state index contributed by atoms with van der Waals surface area (Å²) in [7, 11) is 0. The van der Waals surface area contributed by atoms with Gasteiger partial charge in [-0.25, -0.2) is 0 Å². The first-order chi connectivity index (χ1) is 10.5. The van der Waals surface area contributed by atoms with E-state index in [4.69, 9.17) is 0 Å². The topological polar surface area (TPSA) is 32.3 Å². The van der Waals surface area contributed by atoms with Crippen LogP contribution in [0.3, 0.4) is 0 Å². The molecule has 2 heterocycles. The van der Waals surface area contributed by atoms with Crippen LogP contribution in [0.25, 0.3) is 0 Å². The number of rotatable bonds is 2. The molecule has 7 heteroatoms. The zero-order valence-electron chi connectivity index (χ0n) is 12.6. The molecule has 128 valence electrons. The van der Waals surface area contributed by atoms with Crippen LogP contribution in [-0.4, -0.2) is 36.0 Å². The smallest absolute Gasteiger partial charge is 0.335 e. The quantitative estimate of drug-likeness (QED) is 0.891. The number of fused-ring (bicyclic) bond motifs is 2. The molecular weight excluding hydrogens is 329 g/mol. The molecule has 3 rings (SSSR count). The Morgan fingerprint density at radius 2 is 1.87 bits per heavy atom. The average Bonchev–Trinajstić information content (AvgIpc) is 2.71. The molecule has 0 aliphatic carbocycles. The van der Waals surface area contributed by atoms with E-state index in [1.807, 2.05) is 4.90 Å². The van der Waals surface area contributed by atoms with Crippen molar-refractivity contribution in [2.24, 2.45) is 0 Å². The van der Waals surface area contributed by atoms with Crippen LogP contribution in [0.4, 0.5) is 13.2 Å². The predicted molar refractivity (Wildman–Crippen MR) is 83.5 cm³/mol. The van der Waals surface area contributed by atoms with Gasteiger partial charge in [0.2, 0.25) is 5.91 Å². The average molecular weight is 349 g/mol. The Bertz CT molecular complexity index is 551. The van der Waals surface area contributed by atoms with Crippen molar-refractivity contribution >= 4 is 18.3 Å². The number of hydrogen-bond acceptors (Lipinski definition) is 2. The highest BCUT2D eigenvalue weighted by atomic mass is 35.5. The molecule has 2 aliphatic heterocycles. The molecule has 0 radical (unpaired) electrons. The fraction of sp³-hybridized carbons (Fsp3) is 0.562. The van der Waals surface area contributed by atoms with E-state index in [-0.39, 0.29) is 42.4 Å². The number of hydrogen-bond donors (Lipinski definition) is 1. The molecular formula is C16H20ClF3N2O. The molecule has 2 aliphatic rings. The Morgan fingerprint density at radius 1 is 1.17 bits per heavy atom. The van der Waals surface area contributed by atoms with Gasteiger partial charge in [-0.05, 0) is 37.4 Å². The van der Waals surface area contributed by atoms with Gasteiger partial charge in [0.05, 0.1) is 12.0 Å². The van der Waals surface area contributed by atoms with Gasteiger partial charge in [-0.15, -0.1) is 12.4 Å². The number of halogens is 4. The highest BCUT2D eigenvalue weighted by Gasteiger charge is 2.39. The molecule has 1 N–H and O–H groups in total. The lowest BCUT2D eigenvalue weighted by Gasteiger charge is -2.28. The fourth-order valence-corrected chi connectivity index (χ4v) is 3.59. The van der Waals surface area contributed by atoms with Crippen molar-refractivity contribution in [2.75, 3.05) is 13.1 Å². The number of carbonyl (C=O) groups is 1. The largest absolute Gasteiger partial charge is 0.416 e. The molecule has 0 saturated carbocycles. The van der Waals surface area contributed by atoms with E-state index >= 15 is 0 Å². The van der Waals surface area contributed by atoms with E-state index in [2.05, 4.69) is 5.32 Å². The second-order valence-corrected chi connectivity index (χ2v) is 6.01. The van der Waals surface area contributed by atoms with E-state index in [0.717, 1.165) is 38.4 Å². The van der Waals surface area contributed by atoms with Crippen LogP contribution in [0, 0.1) is 0 Å². The molecule has 3 nitrogen and oxygen atoms in total. The van der Waals surface area contributed by atoms with Crippen molar-refractivity contribution in [1.29, 1.82) is 0 Å². The Hall–Kier alpha value is -1.27. The van der Waals surface area contributed by atoms with Crippen molar-refractivity contribution in [3.05, 3.63) is 35.4 Å². The van der Waals surface area contributed by atoms with E-state index < -0.39 is 11.7 Å². The third kappa shape index (κ3) is 3.80. The maximum absolute atomic E-state index is 13.0. The summed E-state index contributed by atoms with van der Waals surface area (Å²) < 4.78 is 39.1. The summed E-state index contributed by atoms with van der Waals surface area (Å²) in [5.74, 6) is -0.187. The summed E-state index contributed by atoms with van der Waals surface area (Å²) in [6.07, 6.45) is -1.83. The minimum absolute atomic E-state index is 0. The Kier molecular flexibility index (Phi) is 5.57. The second kappa shape index (κ2) is 7.09. The van der Waals surface area contributed by atoms with E-state index in [1.165, 1.54) is 12.1 Å². The van der Waals surface area contributed by atoms with Gasteiger partial charge in [0, 0.05) is 18.6 Å². The van der Waals surface area contributed by atoms with Crippen molar-refractivity contribution in [2.45, 2.75) is 43.9 Å². The number of nitrogens with zero attached hydrogens (tertiary/aromatic N) is 1. The minimum atomic E-state index is -4.42. The van der Waals surface area contributed by atoms with E-state index in [1.54, 1.807) is 6.07 Å². The Labute approximate surface area is 139 Å². The monoisotopic (exact) mass is 348 g/mol. The molecule has 0 aromatic heterocycles. The fourth-order valence-electron chi connectivity index (χ4n) is 3.59. The Morgan fingerprint density at radius 3 is 2.61 bits per heavy atom. The lowest BCUT2D eigenvalue weighted by Crippen LogP contribution is -2.43. The summed E-state index contributed by atoms with van der Waals surface area (Å²) in [6.45, 7) is 1.60. The third-order valence-electron chi connectivity index (χ3n) is 4.61. The van der Waals surface area contributed by atoms with E-state index in [0.29, 0.717) is 0 Å². The van der Waals surface area contributed by atoms with Gasteiger partial charge >= 0.3 is 6.18 Å². The number of alkyl halides is 3. The number of amides is 1. The summed E-state index contributed by atoms with van der Waals surface area (Å²) in [4.78, 5) is 14.4. The van der Waals surface area contributed by atoms with Crippen LogP contribution in [0.5, 0.6) is 0 Å². The van der Waals surface area contributed by atoms with E-state index in [9.17, 15) is 18.0 Å². The highest BCUT2D eigenvalue weighted by Crippen LogP contribution is 2.33. The van der Waals surface area contributed by atoms with Gasteiger partial charge in [-0.2, -0.15) is 13.2 Å². The maximum Gasteiger partial charge on any atom is 0.416 e. The zero-order valence-corrected chi connectivity index (χ0v) is 13.4. The first-order valence-electron chi connectivity index (χ1n) is 7.64. The van der Waals surface area contributed by atoms with Gasteiger partial charge < -0.3 is 10.2 Å². The first-order valence-corrected chi connectivity index (χ1v) is 7.64. The van der Waals surface area contributed by atoms with Gasteiger partial charge in [0.1, 0.15) is 0 Å². The maximum atomic E-state index is 13.0. The molecule has 1 aromatic rings. The van der Waals surface area contributed by atoms with Crippen LogP contribution in [0.15, 0.2) is 24.3 Å². The third-order valence-corrected chi connectivity index (χ3v) is 4.61. The first kappa shape index (κ1) is 18.1. The van der Waals surface area contributed by atoms with Crippen molar-refractivity contribution < 1.29 is 18.0 Å². The van der Waals surface area contributed by atoms with Crippen LogP contribution >= 0.6 is 12.4 Å². The highest BCUT2D eigenvalue weighted by molar-refractivity contribution is 5.85. The van der Waals surface area contributed by atoms with Crippen LogP contribution in [-0.2, 0) is 17.4 Å². The van der Waals surface area contributed by atoms with Crippen molar-refractivity contribution in [3.63, 3.8) is 0 Å². The summed E-state index contributed by atoms with van der Waals surface area (Å²) >= 11 is 0. The molecule has 23 heavy (non-hydrogen) atoms. The van der Waals surface area contributed by atoms with Crippen LogP contribution in [0.1, 0.15) is 30.4 Å².